The molecule has 2 aromatic rings. The van der Waals surface area contributed by atoms with Gasteiger partial charge in [0.15, 0.2) is 0 Å². The van der Waals surface area contributed by atoms with Crippen LogP contribution < -0.4 is 5.32 Å². The highest BCUT2D eigenvalue weighted by atomic mass is 79.9. The molecule has 0 spiro atoms. The lowest BCUT2D eigenvalue weighted by Crippen LogP contribution is -2.26. The third-order valence-corrected chi connectivity index (χ3v) is 3.96. The highest BCUT2D eigenvalue weighted by molar-refractivity contribution is 9.10. The van der Waals surface area contributed by atoms with Gasteiger partial charge in [0.1, 0.15) is 0 Å². The topological polar surface area (TPSA) is 32.3 Å². The lowest BCUT2D eigenvalue weighted by atomic mass is 10.1. The molecule has 2 rings (SSSR count). The van der Waals surface area contributed by atoms with Crippen LogP contribution in [-0.4, -0.2) is 24.9 Å². The second kappa shape index (κ2) is 7.56. The van der Waals surface area contributed by atoms with Gasteiger partial charge in [0.05, 0.1) is 6.04 Å². The molecule has 0 bridgehead atoms. The van der Waals surface area contributed by atoms with E-state index in [9.17, 15) is 4.79 Å². The van der Waals surface area contributed by atoms with Crippen LogP contribution in [0.5, 0.6) is 0 Å². The molecule has 1 amide bonds. The number of carbonyl (C=O) groups is 1. The van der Waals surface area contributed by atoms with E-state index in [1.165, 1.54) is 5.56 Å². The van der Waals surface area contributed by atoms with Gasteiger partial charge < -0.3 is 10.2 Å². The van der Waals surface area contributed by atoms with Gasteiger partial charge in [-0.05, 0) is 56.4 Å². The van der Waals surface area contributed by atoms with Crippen LogP contribution in [0.3, 0.4) is 0 Å². The van der Waals surface area contributed by atoms with Crippen molar-refractivity contribution >= 4 is 21.8 Å². The summed E-state index contributed by atoms with van der Waals surface area (Å²) in [4.78, 5) is 14.4. The number of nitrogens with one attached hydrogen (secondary N) is 1. The predicted octanol–water partition coefficient (Wildman–Crippen LogP) is 4.00. The van der Waals surface area contributed by atoms with Crippen molar-refractivity contribution in [1.82, 2.24) is 10.2 Å². The van der Waals surface area contributed by atoms with E-state index in [0.717, 1.165) is 16.6 Å². The summed E-state index contributed by atoms with van der Waals surface area (Å²) in [6, 6.07) is 15.7. The minimum atomic E-state index is -0.0492. The van der Waals surface area contributed by atoms with Crippen molar-refractivity contribution < 1.29 is 4.79 Å². The van der Waals surface area contributed by atoms with E-state index in [2.05, 4.69) is 26.1 Å². The number of hydrogen-bond donors (Lipinski definition) is 1. The third kappa shape index (κ3) is 4.68. The average Bonchev–Trinajstić information content (AvgIpc) is 2.48. The summed E-state index contributed by atoms with van der Waals surface area (Å²) < 4.78 is 1.03. The quantitative estimate of drug-likeness (QED) is 0.873. The van der Waals surface area contributed by atoms with Crippen LogP contribution in [0.1, 0.15) is 34.5 Å². The molecule has 0 heterocycles. The normalized spacial score (nSPS) is 12.2. The molecule has 3 nitrogen and oxygen atoms in total. The molecule has 0 aromatic heterocycles. The van der Waals surface area contributed by atoms with Crippen LogP contribution in [0.25, 0.3) is 0 Å². The molecule has 0 aliphatic carbocycles. The van der Waals surface area contributed by atoms with Gasteiger partial charge in [-0.1, -0.05) is 40.2 Å². The van der Waals surface area contributed by atoms with E-state index in [1.54, 1.807) is 0 Å². The molecule has 116 valence electrons. The SMILES string of the molecule is CC(NC(=O)c1ccc(CN(C)C)cc1)c1ccc(Br)cc1. The molecule has 0 saturated carbocycles. The van der Waals surface area contributed by atoms with Gasteiger partial charge >= 0.3 is 0 Å². The van der Waals surface area contributed by atoms with Crippen molar-refractivity contribution in [2.24, 2.45) is 0 Å². The van der Waals surface area contributed by atoms with Crippen LogP contribution in [-0.2, 0) is 6.54 Å². The van der Waals surface area contributed by atoms with Crippen molar-refractivity contribution in [3.8, 4) is 0 Å². The smallest absolute Gasteiger partial charge is 0.251 e. The number of amides is 1. The molecule has 0 aliphatic rings. The Morgan fingerprint density at radius 2 is 1.68 bits per heavy atom. The van der Waals surface area contributed by atoms with Gasteiger partial charge in [0.25, 0.3) is 5.91 Å². The Balaban J connectivity index is 2.00. The number of rotatable bonds is 5. The van der Waals surface area contributed by atoms with E-state index in [4.69, 9.17) is 0 Å². The zero-order valence-electron chi connectivity index (χ0n) is 13.1. The molecule has 0 saturated heterocycles. The summed E-state index contributed by atoms with van der Waals surface area (Å²) in [6.45, 7) is 2.86. The second-order valence-corrected chi connectivity index (χ2v) is 6.60. The number of nitrogens with zero attached hydrogens (tertiary/aromatic N) is 1. The first-order valence-corrected chi connectivity index (χ1v) is 8.05. The molecule has 2 aromatic carbocycles. The zero-order chi connectivity index (χ0) is 16.1. The van der Waals surface area contributed by atoms with E-state index in [1.807, 2.05) is 69.6 Å². The number of benzene rings is 2. The fourth-order valence-electron chi connectivity index (χ4n) is 2.24. The van der Waals surface area contributed by atoms with Gasteiger partial charge in [0, 0.05) is 16.6 Å². The summed E-state index contributed by atoms with van der Waals surface area (Å²) in [6.07, 6.45) is 0. The Morgan fingerprint density at radius 1 is 1.09 bits per heavy atom. The first-order valence-electron chi connectivity index (χ1n) is 7.25. The maximum atomic E-state index is 12.3. The van der Waals surface area contributed by atoms with Gasteiger partial charge in [-0.25, -0.2) is 0 Å². The summed E-state index contributed by atoms with van der Waals surface area (Å²) >= 11 is 3.41. The van der Waals surface area contributed by atoms with Crippen molar-refractivity contribution in [2.75, 3.05) is 14.1 Å². The largest absolute Gasteiger partial charge is 0.346 e. The first kappa shape index (κ1) is 16.7. The fraction of sp³-hybridized carbons (Fsp3) is 0.278. The summed E-state index contributed by atoms with van der Waals surface area (Å²) in [5, 5.41) is 3.03. The van der Waals surface area contributed by atoms with E-state index in [0.29, 0.717) is 5.56 Å². The Labute approximate surface area is 140 Å². The average molecular weight is 361 g/mol. The van der Waals surface area contributed by atoms with Crippen LogP contribution >= 0.6 is 15.9 Å². The molecular formula is C18H21BrN2O. The van der Waals surface area contributed by atoms with Crippen molar-refractivity contribution in [3.05, 3.63) is 69.7 Å². The molecular weight excluding hydrogens is 340 g/mol. The number of carbonyl (C=O) groups excluding carboxylic acids is 1. The molecule has 1 unspecified atom stereocenters. The fourth-order valence-corrected chi connectivity index (χ4v) is 2.51. The minimum absolute atomic E-state index is 0.0259. The Hall–Kier alpha value is -1.65. The molecule has 0 aliphatic heterocycles. The maximum absolute atomic E-state index is 12.3. The van der Waals surface area contributed by atoms with Crippen LogP contribution in [0.2, 0.25) is 0 Å². The Kier molecular flexibility index (Phi) is 5.75. The molecule has 0 radical (unpaired) electrons. The van der Waals surface area contributed by atoms with E-state index < -0.39 is 0 Å². The second-order valence-electron chi connectivity index (χ2n) is 5.68. The van der Waals surface area contributed by atoms with Gasteiger partial charge in [-0.15, -0.1) is 0 Å². The van der Waals surface area contributed by atoms with E-state index in [-0.39, 0.29) is 11.9 Å². The summed E-state index contributed by atoms with van der Waals surface area (Å²) in [5.74, 6) is -0.0492. The molecule has 1 N–H and O–H groups in total. The molecule has 22 heavy (non-hydrogen) atoms. The monoisotopic (exact) mass is 360 g/mol. The maximum Gasteiger partial charge on any atom is 0.251 e. The van der Waals surface area contributed by atoms with E-state index >= 15 is 0 Å². The van der Waals surface area contributed by atoms with Gasteiger partial charge in [-0.2, -0.15) is 0 Å². The summed E-state index contributed by atoms with van der Waals surface area (Å²) in [5.41, 5.74) is 2.97. The number of halogens is 1. The van der Waals surface area contributed by atoms with Crippen molar-refractivity contribution in [1.29, 1.82) is 0 Å². The third-order valence-electron chi connectivity index (χ3n) is 3.43. The highest BCUT2D eigenvalue weighted by Gasteiger charge is 2.11. The Bertz CT molecular complexity index is 621. The minimum Gasteiger partial charge on any atom is -0.346 e. The van der Waals surface area contributed by atoms with Crippen LogP contribution in [0.15, 0.2) is 53.0 Å². The van der Waals surface area contributed by atoms with Gasteiger partial charge in [-0.3, -0.25) is 4.79 Å². The van der Waals surface area contributed by atoms with Crippen molar-refractivity contribution in [3.63, 3.8) is 0 Å². The van der Waals surface area contributed by atoms with Crippen LogP contribution in [0, 0.1) is 0 Å². The summed E-state index contributed by atoms with van der Waals surface area (Å²) in [7, 11) is 4.06. The van der Waals surface area contributed by atoms with Crippen LogP contribution in [0.4, 0.5) is 0 Å². The van der Waals surface area contributed by atoms with Gasteiger partial charge in [0.2, 0.25) is 0 Å². The molecule has 0 fully saturated rings. The standard InChI is InChI=1S/C18H21BrN2O/c1-13(15-8-10-17(19)11-9-15)20-18(22)16-6-4-14(5-7-16)12-21(2)3/h4-11,13H,12H2,1-3H3,(H,20,22). The predicted molar refractivity (Wildman–Crippen MR) is 93.9 cm³/mol. The molecule has 1 atom stereocenters. The highest BCUT2D eigenvalue weighted by Crippen LogP contribution is 2.17. The number of hydrogen-bond acceptors (Lipinski definition) is 2. The first-order chi connectivity index (χ1) is 10.5. The van der Waals surface area contributed by atoms with Crippen molar-refractivity contribution in [2.45, 2.75) is 19.5 Å². The lowest BCUT2D eigenvalue weighted by molar-refractivity contribution is 0.0940. The molecule has 4 heteroatoms. The zero-order valence-corrected chi connectivity index (χ0v) is 14.7. The lowest BCUT2D eigenvalue weighted by Gasteiger charge is -2.15. The Morgan fingerprint density at radius 3 is 2.23 bits per heavy atom.